The van der Waals surface area contributed by atoms with E-state index in [9.17, 15) is 22.8 Å². The van der Waals surface area contributed by atoms with Crippen LogP contribution < -0.4 is 10.6 Å². The van der Waals surface area contributed by atoms with Gasteiger partial charge < -0.3 is 10.6 Å². The van der Waals surface area contributed by atoms with Gasteiger partial charge >= 0.3 is 0 Å². The molecule has 2 N–H and O–H groups in total. The zero-order chi connectivity index (χ0) is 18.6. The van der Waals surface area contributed by atoms with E-state index in [0.29, 0.717) is 22.7 Å². The molecule has 2 rings (SSSR count). The molecule has 25 heavy (non-hydrogen) atoms. The average Bonchev–Trinajstić information content (AvgIpc) is 2.52. The van der Waals surface area contributed by atoms with Gasteiger partial charge in [0, 0.05) is 24.1 Å². The third kappa shape index (κ3) is 5.22. The predicted octanol–water partition coefficient (Wildman–Crippen LogP) is 3.96. The maximum absolute atomic E-state index is 13.6. The largest absolute Gasteiger partial charge is 0.349 e. The highest BCUT2D eigenvalue weighted by atomic mass is 35.5. The average molecular weight is 371 g/mol. The second-order valence-corrected chi connectivity index (χ2v) is 5.74. The Balaban J connectivity index is 2.15. The first kappa shape index (κ1) is 18.8. The van der Waals surface area contributed by atoms with Gasteiger partial charge in [0.25, 0.3) is 0 Å². The SMILES string of the molecule is CC(=O)NC(CC(=O)Nc1cc(F)c(F)cc1F)c1ccc(Cl)cc1. The maximum atomic E-state index is 13.6. The Morgan fingerprint density at radius 3 is 2.24 bits per heavy atom. The van der Waals surface area contributed by atoms with E-state index in [0.717, 1.165) is 0 Å². The lowest BCUT2D eigenvalue weighted by Gasteiger charge is -2.18. The second kappa shape index (κ2) is 8.02. The van der Waals surface area contributed by atoms with Crippen LogP contribution in [0.4, 0.5) is 18.9 Å². The van der Waals surface area contributed by atoms with Crippen molar-refractivity contribution < 1.29 is 22.8 Å². The normalized spacial score (nSPS) is 11.7. The summed E-state index contributed by atoms with van der Waals surface area (Å²) in [6, 6.07) is 6.66. The van der Waals surface area contributed by atoms with Crippen molar-refractivity contribution in [2.24, 2.45) is 0 Å². The van der Waals surface area contributed by atoms with Crippen molar-refractivity contribution in [1.29, 1.82) is 0 Å². The summed E-state index contributed by atoms with van der Waals surface area (Å²) in [5.74, 6) is -4.79. The quantitative estimate of drug-likeness (QED) is 0.783. The van der Waals surface area contributed by atoms with Gasteiger partial charge in [0.05, 0.1) is 18.2 Å². The van der Waals surface area contributed by atoms with Crippen LogP contribution in [0.25, 0.3) is 0 Å². The first-order valence-electron chi connectivity index (χ1n) is 7.23. The summed E-state index contributed by atoms with van der Waals surface area (Å²) < 4.78 is 39.7. The molecule has 0 saturated heterocycles. The molecule has 0 fully saturated rings. The van der Waals surface area contributed by atoms with E-state index >= 15 is 0 Å². The Labute approximate surface area is 147 Å². The van der Waals surface area contributed by atoms with E-state index in [1.165, 1.54) is 6.92 Å². The lowest BCUT2D eigenvalue weighted by Crippen LogP contribution is -2.29. The van der Waals surface area contributed by atoms with E-state index in [1.54, 1.807) is 24.3 Å². The predicted molar refractivity (Wildman–Crippen MR) is 87.6 cm³/mol. The lowest BCUT2D eigenvalue weighted by molar-refractivity contribution is -0.120. The Kier molecular flexibility index (Phi) is 6.03. The van der Waals surface area contributed by atoms with Gasteiger partial charge in [-0.15, -0.1) is 0 Å². The number of rotatable bonds is 5. The van der Waals surface area contributed by atoms with Crippen LogP contribution in [0.1, 0.15) is 24.9 Å². The van der Waals surface area contributed by atoms with Gasteiger partial charge in [-0.3, -0.25) is 9.59 Å². The van der Waals surface area contributed by atoms with Crippen molar-refractivity contribution in [3.63, 3.8) is 0 Å². The standard InChI is InChI=1S/C17H14ClF3N2O2/c1-9(24)22-15(10-2-4-11(18)5-3-10)8-17(25)23-16-7-13(20)12(19)6-14(16)21/h2-7,15H,8H2,1H3,(H,22,24)(H,23,25). The minimum Gasteiger partial charge on any atom is -0.349 e. The van der Waals surface area contributed by atoms with Crippen LogP contribution in [0.15, 0.2) is 36.4 Å². The third-order valence-corrected chi connectivity index (χ3v) is 3.58. The van der Waals surface area contributed by atoms with Crippen LogP contribution in [-0.4, -0.2) is 11.8 Å². The van der Waals surface area contributed by atoms with Gasteiger partial charge in [0.2, 0.25) is 11.8 Å². The number of hydrogen-bond acceptors (Lipinski definition) is 2. The lowest BCUT2D eigenvalue weighted by atomic mass is 10.0. The van der Waals surface area contributed by atoms with Crippen LogP contribution in [0.3, 0.4) is 0 Å². The molecule has 0 aliphatic rings. The number of amides is 2. The van der Waals surface area contributed by atoms with Crippen LogP contribution in [0.5, 0.6) is 0 Å². The van der Waals surface area contributed by atoms with Crippen molar-refractivity contribution in [2.45, 2.75) is 19.4 Å². The molecule has 132 valence electrons. The second-order valence-electron chi connectivity index (χ2n) is 5.30. The molecule has 0 aromatic heterocycles. The summed E-state index contributed by atoms with van der Waals surface area (Å²) in [4.78, 5) is 23.5. The third-order valence-electron chi connectivity index (χ3n) is 3.32. The first-order valence-corrected chi connectivity index (χ1v) is 7.61. The zero-order valence-electron chi connectivity index (χ0n) is 13.1. The van der Waals surface area contributed by atoms with Gasteiger partial charge in [0.15, 0.2) is 11.6 Å². The molecular formula is C17H14ClF3N2O2. The Bertz CT molecular complexity index is 797. The van der Waals surface area contributed by atoms with E-state index in [-0.39, 0.29) is 12.3 Å². The van der Waals surface area contributed by atoms with Gasteiger partial charge in [-0.25, -0.2) is 13.2 Å². The highest BCUT2D eigenvalue weighted by Crippen LogP contribution is 2.22. The smallest absolute Gasteiger partial charge is 0.226 e. The molecule has 2 aromatic carbocycles. The minimum atomic E-state index is -1.35. The topological polar surface area (TPSA) is 58.2 Å². The number of hydrogen-bond donors (Lipinski definition) is 2. The summed E-state index contributed by atoms with van der Waals surface area (Å²) in [6.45, 7) is 1.29. The minimum absolute atomic E-state index is 0.236. The molecular weight excluding hydrogens is 357 g/mol. The van der Waals surface area contributed by atoms with Gasteiger partial charge in [-0.05, 0) is 17.7 Å². The molecule has 8 heteroatoms. The molecule has 0 aliphatic carbocycles. The van der Waals surface area contributed by atoms with Crippen molar-refractivity contribution in [3.05, 3.63) is 64.4 Å². The molecule has 0 radical (unpaired) electrons. The first-order chi connectivity index (χ1) is 11.8. The molecule has 2 amide bonds. The van der Waals surface area contributed by atoms with Crippen molar-refractivity contribution >= 4 is 29.1 Å². The fourth-order valence-corrected chi connectivity index (χ4v) is 2.32. The molecule has 0 aliphatic heterocycles. The van der Waals surface area contributed by atoms with Gasteiger partial charge in [-0.1, -0.05) is 23.7 Å². The number of carbonyl (C=O) groups is 2. The number of halogens is 4. The fraction of sp³-hybridized carbons (Fsp3) is 0.176. The molecule has 0 bridgehead atoms. The van der Waals surface area contributed by atoms with Crippen LogP contribution in [-0.2, 0) is 9.59 Å². The highest BCUT2D eigenvalue weighted by Gasteiger charge is 2.19. The number of carbonyl (C=O) groups excluding carboxylic acids is 2. The molecule has 0 spiro atoms. The van der Waals surface area contributed by atoms with Crippen LogP contribution in [0.2, 0.25) is 5.02 Å². The monoisotopic (exact) mass is 370 g/mol. The Morgan fingerprint density at radius 2 is 1.64 bits per heavy atom. The van der Waals surface area contributed by atoms with E-state index in [1.807, 2.05) is 0 Å². The fourth-order valence-electron chi connectivity index (χ4n) is 2.20. The van der Waals surface area contributed by atoms with Crippen molar-refractivity contribution in [2.75, 3.05) is 5.32 Å². The van der Waals surface area contributed by atoms with E-state index in [4.69, 9.17) is 11.6 Å². The van der Waals surface area contributed by atoms with E-state index in [2.05, 4.69) is 10.6 Å². The molecule has 4 nitrogen and oxygen atoms in total. The number of benzene rings is 2. The summed E-state index contributed by atoms with van der Waals surface area (Å²) in [5, 5.41) is 5.25. The maximum Gasteiger partial charge on any atom is 0.226 e. The summed E-state index contributed by atoms with van der Waals surface area (Å²) in [7, 11) is 0. The van der Waals surface area contributed by atoms with Gasteiger partial charge in [-0.2, -0.15) is 0 Å². The molecule has 0 saturated carbocycles. The highest BCUT2D eigenvalue weighted by molar-refractivity contribution is 6.30. The summed E-state index contributed by atoms with van der Waals surface area (Å²) in [5.41, 5.74) is 0.127. The molecule has 0 heterocycles. The molecule has 1 unspecified atom stereocenters. The molecule has 1 atom stereocenters. The number of nitrogens with one attached hydrogen (secondary N) is 2. The zero-order valence-corrected chi connectivity index (χ0v) is 13.8. The number of anilines is 1. The summed E-state index contributed by atoms with van der Waals surface area (Å²) >= 11 is 5.81. The van der Waals surface area contributed by atoms with E-state index < -0.39 is 35.1 Å². The summed E-state index contributed by atoms with van der Waals surface area (Å²) in [6.07, 6.45) is -0.236. The van der Waals surface area contributed by atoms with Crippen molar-refractivity contribution in [1.82, 2.24) is 5.32 Å². The van der Waals surface area contributed by atoms with Crippen molar-refractivity contribution in [3.8, 4) is 0 Å². The molecule has 2 aromatic rings. The van der Waals surface area contributed by atoms with Crippen LogP contribution >= 0.6 is 11.6 Å². The Hall–Kier alpha value is -2.54. The van der Waals surface area contributed by atoms with Crippen LogP contribution in [0, 0.1) is 17.5 Å². The Morgan fingerprint density at radius 1 is 1.04 bits per heavy atom. The van der Waals surface area contributed by atoms with Gasteiger partial charge in [0.1, 0.15) is 5.82 Å².